The molecule has 2 saturated carbocycles. The quantitative estimate of drug-likeness (QED) is 0.202. The number of ether oxygens (including phenoxy) is 4. The molecule has 0 aromatic carbocycles. The third-order valence-corrected chi connectivity index (χ3v) is 14.3. The molecule has 13 heteroatoms. The minimum Gasteiger partial charge on any atom is -0.459 e. The molecule has 0 spiro atoms. The van der Waals surface area contributed by atoms with Crippen LogP contribution in [0.1, 0.15) is 81.1 Å². The number of aliphatic hydroxyl groups is 7. The van der Waals surface area contributed by atoms with Gasteiger partial charge in [-0.2, -0.15) is 0 Å². The molecule has 15 atom stereocenters. The molecule has 7 rings (SSSR count). The number of allylic oxidation sites excluding steroid dienone is 4. The van der Waals surface area contributed by atoms with Crippen LogP contribution in [0.2, 0.25) is 0 Å². The lowest BCUT2D eigenvalue weighted by Crippen LogP contribution is -2.76. The van der Waals surface area contributed by atoms with Crippen LogP contribution >= 0.6 is 0 Å². The van der Waals surface area contributed by atoms with Crippen LogP contribution in [0, 0.1) is 39.4 Å². The van der Waals surface area contributed by atoms with Crippen molar-refractivity contribution in [1.29, 1.82) is 0 Å². The van der Waals surface area contributed by atoms with Gasteiger partial charge in [0.15, 0.2) is 5.76 Å². The number of ketones is 2. The summed E-state index contributed by atoms with van der Waals surface area (Å²) in [7, 11) is 0. The molecule has 49 heavy (non-hydrogen) atoms. The maximum atomic E-state index is 14.9. The zero-order valence-electron chi connectivity index (χ0n) is 29.5. The van der Waals surface area contributed by atoms with Crippen LogP contribution in [0.5, 0.6) is 0 Å². The Morgan fingerprint density at radius 2 is 1.57 bits per heavy atom. The van der Waals surface area contributed by atoms with E-state index in [9.17, 15) is 45.3 Å². The van der Waals surface area contributed by atoms with E-state index in [-0.39, 0.29) is 30.3 Å². The summed E-state index contributed by atoms with van der Waals surface area (Å²) in [5, 5.41) is 77.0. The first-order valence-corrected chi connectivity index (χ1v) is 17.4. The molecule has 5 fully saturated rings. The van der Waals surface area contributed by atoms with E-state index in [1.807, 2.05) is 19.9 Å². The Morgan fingerprint density at radius 3 is 2.20 bits per heavy atom. The Kier molecular flexibility index (Phi) is 7.42. The van der Waals surface area contributed by atoms with Crippen molar-refractivity contribution >= 4 is 11.6 Å². The standard InChI is InChI=1S/C36H52O13/c1-29(2)15-35(44)36(45,49-29)34(8,43)26-19(48-35)12-31(5)21-10-9-16-17(33(21,7)22(38)13-32(26,31)6)11-18(27(42)30(16,3)4)46-28-25(41)24(40)23(39)20(14-37)47-28/h9,11,17,19-21,23-26,28,37,39-41,43-45H,10,12-15H2,1-8H3/t17-,19-,20-,21+,23-,24+,25-,26+,28-,31+,32-,33+,34-,35+,36+/m1/s1. The molecule has 0 aromatic rings. The van der Waals surface area contributed by atoms with E-state index in [1.165, 1.54) is 6.92 Å². The van der Waals surface area contributed by atoms with Gasteiger partial charge in [-0.1, -0.05) is 32.4 Å². The van der Waals surface area contributed by atoms with Crippen molar-refractivity contribution in [2.45, 2.75) is 141 Å². The van der Waals surface area contributed by atoms with Crippen LogP contribution in [0.25, 0.3) is 0 Å². The normalized spacial score (nSPS) is 55.7. The van der Waals surface area contributed by atoms with Gasteiger partial charge in [0.2, 0.25) is 17.9 Å². The van der Waals surface area contributed by atoms with Gasteiger partial charge in [-0.25, -0.2) is 0 Å². The van der Waals surface area contributed by atoms with Gasteiger partial charge < -0.3 is 54.7 Å². The molecule has 0 amide bonds. The van der Waals surface area contributed by atoms with Crippen LogP contribution < -0.4 is 0 Å². The van der Waals surface area contributed by atoms with Crippen LogP contribution in [0.4, 0.5) is 0 Å². The summed E-state index contributed by atoms with van der Waals surface area (Å²) in [6.07, 6.45) is -4.17. The summed E-state index contributed by atoms with van der Waals surface area (Å²) in [6, 6.07) is 0. The average molecular weight is 693 g/mol. The zero-order valence-corrected chi connectivity index (χ0v) is 29.5. The highest BCUT2D eigenvalue weighted by atomic mass is 16.8. The first kappa shape index (κ1) is 35.6. The van der Waals surface area contributed by atoms with Gasteiger partial charge in [0, 0.05) is 30.1 Å². The summed E-state index contributed by atoms with van der Waals surface area (Å²) < 4.78 is 23.9. The molecule has 4 aliphatic carbocycles. The number of hydrogen-bond acceptors (Lipinski definition) is 13. The number of carbonyl (C=O) groups excluding carboxylic acids is 2. The van der Waals surface area contributed by atoms with Crippen molar-refractivity contribution in [1.82, 2.24) is 0 Å². The highest BCUT2D eigenvalue weighted by molar-refractivity contribution is 6.02. The van der Waals surface area contributed by atoms with Crippen molar-refractivity contribution in [3.63, 3.8) is 0 Å². The number of rotatable bonds is 3. The maximum absolute atomic E-state index is 14.9. The van der Waals surface area contributed by atoms with Crippen molar-refractivity contribution in [3.8, 4) is 0 Å². The summed E-state index contributed by atoms with van der Waals surface area (Å²) >= 11 is 0. The molecule has 0 bridgehead atoms. The molecule has 3 heterocycles. The fourth-order valence-corrected chi connectivity index (χ4v) is 11.7. The topological polar surface area (TPSA) is 213 Å². The number of aliphatic hydroxyl groups excluding tert-OH is 4. The molecular formula is C36H52O13. The smallest absolute Gasteiger partial charge is 0.251 e. The molecule has 274 valence electrons. The number of Topliss-reactive ketones (excluding diaryl/α,β-unsaturated/α-hetero) is 2. The predicted molar refractivity (Wildman–Crippen MR) is 169 cm³/mol. The van der Waals surface area contributed by atoms with E-state index in [0.29, 0.717) is 12.8 Å². The highest BCUT2D eigenvalue weighted by Gasteiger charge is 2.83. The van der Waals surface area contributed by atoms with Gasteiger partial charge in [-0.15, -0.1) is 0 Å². The van der Waals surface area contributed by atoms with Gasteiger partial charge >= 0.3 is 0 Å². The predicted octanol–water partition coefficient (Wildman–Crippen LogP) is 0.596. The SMILES string of the molecule is CC1(C)C[C@]2(O)O[C@@H]3C[C@@]4(C)[C@@H]5CC=C6[C@@H](C=C(O[C@@H]7O[C@H](CO)[C@@H](O)[C@H](O)[C@H]7O)C(=O)C6(C)C)[C@]5(C)C(=O)C[C@]4(C)[C@H]3[C@@](C)(O)[C@]2(O)O1. The Morgan fingerprint density at radius 1 is 0.918 bits per heavy atom. The van der Waals surface area contributed by atoms with Crippen LogP contribution in [-0.2, 0) is 28.5 Å². The second kappa shape index (κ2) is 10.2. The minimum absolute atomic E-state index is 0.0178. The monoisotopic (exact) mass is 692 g/mol. The van der Waals surface area contributed by atoms with Crippen LogP contribution in [-0.4, -0.2) is 114 Å². The number of fused-ring (bicyclic) bond motifs is 8. The second-order valence-corrected chi connectivity index (χ2v) is 17.9. The van der Waals surface area contributed by atoms with Gasteiger partial charge in [-0.05, 0) is 70.3 Å². The average Bonchev–Trinajstić information content (AvgIpc) is 3.33. The first-order chi connectivity index (χ1) is 22.4. The van der Waals surface area contributed by atoms with E-state index in [1.54, 1.807) is 33.8 Å². The molecule has 13 nitrogen and oxygen atoms in total. The summed E-state index contributed by atoms with van der Waals surface area (Å²) in [5.74, 6) is -7.04. The van der Waals surface area contributed by atoms with E-state index >= 15 is 0 Å². The first-order valence-electron chi connectivity index (χ1n) is 17.4. The van der Waals surface area contributed by atoms with Crippen LogP contribution in [0.15, 0.2) is 23.5 Å². The summed E-state index contributed by atoms with van der Waals surface area (Å²) in [5.41, 5.74) is -6.00. The van der Waals surface area contributed by atoms with E-state index in [4.69, 9.17) is 18.9 Å². The van der Waals surface area contributed by atoms with E-state index in [2.05, 4.69) is 6.92 Å². The van der Waals surface area contributed by atoms with Crippen molar-refractivity contribution < 1.29 is 64.3 Å². The lowest BCUT2D eigenvalue weighted by molar-refractivity contribution is -0.453. The summed E-state index contributed by atoms with van der Waals surface area (Å²) in [4.78, 5) is 28.8. The molecule has 3 saturated heterocycles. The maximum Gasteiger partial charge on any atom is 0.251 e. The second-order valence-electron chi connectivity index (χ2n) is 17.9. The zero-order chi connectivity index (χ0) is 36.3. The highest BCUT2D eigenvalue weighted by Crippen LogP contribution is 2.76. The van der Waals surface area contributed by atoms with Gasteiger partial charge in [0.1, 0.15) is 35.8 Å². The third kappa shape index (κ3) is 4.17. The summed E-state index contributed by atoms with van der Waals surface area (Å²) in [6.45, 7) is 13.7. The Labute approximate surface area is 285 Å². The van der Waals surface area contributed by atoms with Gasteiger partial charge in [-0.3, -0.25) is 9.59 Å². The minimum atomic E-state index is -2.45. The molecule has 0 unspecified atom stereocenters. The molecule has 0 aromatic heterocycles. The van der Waals surface area contributed by atoms with E-state index < -0.39 is 105 Å². The Bertz CT molecular complexity index is 1530. The van der Waals surface area contributed by atoms with Crippen LogP contribution in [0.3, 0.4) is 0 Å². The molecule has 7 aliphatic rings. The lowest BCUT2D eigenvalue weighted by atomic mass is 9.39. The largest absolute Gasteiger partial charge is 0.459 e. The molecule has 0 radical (unpaired) electrons. The molecular weight excluding hydrogens is 640 g/mol. The van der Waals surface area contributed by atoms with Crippen molar-refractivity contribution in [2.75, 3.05) is 6.61 Å². The third-order valence-electron chi connectivity index (χ3n) is 14.3. The molecule has 7 N–H and O–H groups in total. The van der Waals surface area contributed by atoms with Crippen molar-refractivity contribution in [3.05, 3.63) is 23.5 Å². The van der Waals surface area contributed by atoms with Crippen molar-refractivity contribution in [2.24, 2.45) is 39.4 Å². The number of carbonyl (C=O) groups is 2. The van der Waals surface area contributed by atoms with Gasteiger partial charge in [0.25, 0.3) is 5.79 Å². The molecule has 3 aliphatic heterocycles. The van der Waals surface area contributed by atoms with Gasteiger partial charge in [0.05, 0.1) is 23.7 Å². The number of hydrogen-bond donors (Lipinski definition) is 7. The lowest BCUT2D eigenvalue weighted by Gasteiger charge is -2.64. The van der Waals surface area contributed by atoms with E-state index in [0.717, 1.165) is 5.57 Å². The Hall–Kier alpha value is -1.78. The Balaban J connectivity index is 1.29. The fourth-order valence-electron chi connectivity index (χ4n) is 11.7. The fraction of sp³-hybridized carbons (Fsp3) is 0.833.